The van der Waals surface area contributed by atoms with Gasteiger partial charge in [-0.3, -0.25) is 0 Å². The van der Waals surface area contributed by atoms with Crippen molar-refractivity contribution in [2.45, 2.75) is 30.7 Å². The van der Waals surface area contributed by atoms with Crippen molar-refractivity contribution in [1.29, 1.82) is 0 Å². The first-order valence-corrected chi connectivity index (χ1v) is 8.08. The number of benzene rings is 1. The normalized spacial score (nSPS) is 20.6. The Bertz CT molecular complexity index is 493. The van der Waals surface area contributed by atoms with Gasteiger partial charge in [-0.15, -0.1) is 0 Å². The summed E-state index contributed by atoms with van der Waals surface area (Å²) in [4.78, 5) is 0.415. The molecule has 100 valence electrons. The molecule has 1 aliphatic heterocycles. The van der Waals surface area contributed by atoms with E-state index in [0.29, 0.717) is 10.9 Å². The molecule has 1 aromatic carbocycles. The minimum atomic E-state index is -3.16. The third-order valence-corrected chi connectivity index (χ3v) is 5.04. The lowest BCUT2D eigenvalue weighted by Crippen LogP contribution is -2.38. The van der Waals surface area contributed by atoms with Crippen LogP contribution in [0.2, 0.25) is 0 Å². The van der Waals surface area contributed by atoms with Crippen LogP contribution in [0.5, 0.6) is 0 Å². The van der Waals surface area contributed by atoms with Gasteiger partial charge in [-0.05, 0) is 31.5 Å². The predicted octanol–water partition coefficient (Wildman–Crippen LogP) is 1.64. The molecule has 1 fully saturated rings. The lowest BCUT2D eigenvalue weighted by Gasteiger charge is -2.25. The van der Waals surface area contributed by atoms with Gasteiger partial charge in [0.2, 0.25) is 0 Å². The number of piperidine rings is 1. The summed E-state index contributed by atoms with van der Waals surface area (Å²) < 4.78 is 24.0. The molecule has 1 atom stereocenters. The van der Waals surface area contributed by atoms with Gasteiger partial charge in [0, 0.05) is 12.6 Å². The van der Waals surface area contributed by atoms with E-state index in [1.165, 1.54) is 0 Å². The Morgan fingerprint density at radius 2 is 2.17 bits per heavy atom. The van der Waals surface area contributed by atoms with Crippen molar-refractivity contribution in [1.82, 2.24) is 5.32 Å². The van der Waals surface area contributed by atoms with E-state index < -0.39 is 9.84 Å². The van der Waals surface area contributed by atoms with Crippen molar-refractivity contribution in [2.24, 2.45) is 0 Å². The highest BCUT2D eigenvalue weighted by atomic mass is 32.2. The number of anilines is 1. The fourth-order valence-electron chi connectivity index (χ4n) is 2.21. The van der Waals surface area contributed by atoms with Crippen molar-refractivity contribution < 1.29 is 8.42 Å². The highest BCUT2D eigenvalue weighted by Crippen LogP contribution is 2.23. The number of hydrogen-bond acceptors (Lipinski definition) is 4. The van der Waals surface area contributed by atoms with Crippen LogP contribution in [0.4, 0.5) is 5.69 Å². The van der Waals surface area contributed by atoms with E-state index in [0.717, 1.165) is 31.6 Å². The molecule has 2 rings (SSSR count). The highest BCUT2D eigenvalue weighted by molar-refractivity contribution is 7.91. The molecule has 4 nitrogen and oxygen atoms in total. The molecule has 0 aliphatic carbocycles. The van der Waals surface area contributed by atoms with Gasteiger partial charge in [0.25, 0.3) is 0 Å². The average molecular weight is 268 g/mol. The Labute approximate surface area is 109 Å². The first-order valence-electron chi connectivity index (χ1n) is 6.42. The van der Waals surface area contributed by atoms with Crippen LogP contribution in [0.1, 0.15) is 19.8 Å². The molecule has 0 spiro atoms. The maximum absolute atomic E-state index is 12.0. The Balaban J connectivity index is 2.22. The smallest absolute Gasteiger partial charge is 0.180 e. The van der Waals surface area contributed by atoms with E-state index in [1.807, 2.05) is 12.1 Å². The molecular weight excluding hydrogens is 248 g/mol. The zero-order valence-corrected chi connectivity index (χ0v) is 11.5. The molecule has 0 amide bonds. The van der Waals surface area contributed by atoms with Gasteiger partial charge >= 0.3 is 0 Å². The molecule has 0 aromatic heterocycles. The monoisotopic (exact) mass is 268 g/mol. The largest absolute Gasteiger partial charge is 0.380 e. The van der Waals surface area contributed by atoms with E-state index in [2.05, 4.69) is 10.6 Å². The van der Waals surface area contributed by atoms with Gasteiger partial charge in [-0.2, -0.15) is 0 Å². The van der Waals surface area contributed by atoms with Gasteiger partial charge in [0.05, 0.1) is 16.3 Å². The summed E-state index contributed by atoms with van der Waals surface area (Å²) in [6.07, 6.45) is 2.20. The van der Waals surface area contributed by atoms with Crippen LogP contribution < -0.4 is 10.6 Å². The summed E-state index contributed by atoms with van der Waals surface area (Å²) in [6.45, 7) is 3.61. The molecule has 0 saturated carbocycles. The van der Waals surface area contributed by atoms with Crippen LogP contribution in [0.25, 0.3) is 0 Å². The van der Waals surface area contributed by atoms with E-state index in [4.69, 9.17) is 0 Å². The number of sulfone groups is 1. The molecule has 5 heteroatoms. The molecule has 0 bridgehead atoms. The van der Waals surface area contributed by atoms with Crippen molar-refractivity contribution in [3.8, 4) is 0 Å². The highest BCUT2D eigenvalue weighted by Gasteiger charge is 2.19. The zero-order valence-electron chi connectivity index (χ0n) is 10.6. The predicted molar refractivity (Wildman–Crippen MR) is 73.7 cm³/mol. The van der Waals surface area contributed by atoms with Crippen LogP contribution in [0.15, 0.2) is 29.2 Å². The van der Waals surface area contributed by atoms with E-state index in [9.17, 15) is 8.42 Å². The third-order valence-electron chi connectivity index (χ3n) is 3.26. The summed E-state index contributed by atoms with van der Waals surface area (Å²) in [5, 5.41) is 6.66. The average Bonchev–Trinajstić information content (AvgIpc) is 2.40. The van der Waals surface area contributed by atoms with Crippen LogP contribution in [-0.2, 0) is 9.84 Å². The number of hydrogen-bond donors (Lipinski definition) is 2. The summed E-state index contributed by atoms with van der Waals surface area (Å²) in [7, 11) is -3.16. The second kappa shape index (κ2) is 5.71. The van der Waals surface area contributed by atoms with Gasteiger partial charge in [-0.1, -0.05) is 19.1 Å². The molecule has 0 radical (unpaired) electrons. The lowest BCUT2D eigenvalue weighted by molar-refractivity contribution is 0.479. The first kappa shape index (κ1) is 13.4. The van der Waals surface area contributed by atoms with Crippen LogP contribution in [-0.4, -0.2) is 33.3 Å². The molecule has 1 aliphatic rings. The van der Waals surface area contributed by atoms with Gasteiger partial charge in [-0.25, -0.2) is 8.42 Å². The molecule has 1 heterocycles. The molecular formula is C13H20N2O2S. The fraction of sp³-hybridized carbons (Fsp3) is 0.538. The van der Waals surface area contributed by atoms with E-state index >= 15 is 0 Å². The van der Waals surface area contributed by atoms with Crippen molar-refractivity contribution in [3.05, 3.63) is 24.3 Å². The fourth-order valence-corrected chi connectivity index (χ4v) is 3.27. The second-order valence-electron chi connectivity index (χ2n) is 4.59. The summed E-state index contributed by atoms with van der Waals surface area (Å²) in [5.74, 6) is 0.134. The summed E-state index contributed by atoms with van der Waals surface area (Å²) >= 11 is 0. The lowest BCUT2D eigenvalue weighted by atomic mass is 10.1. The van der Waals surface area contributed by atoms with Crippen molar-refractivity contribution >= 4 is 15.5 Å². The maximum Gasteiger partial charge on any atom is 0.180 e. The standard InChI is InChI=1S/C13H20N2O2S/c1-2-18(16,17)13-8-4-3-7-12(13)15-11-6-5-9-14-10-11/h3-4,7-8,11,14-15H,2,5-6,9-10H2,1H3. The second-order valence-corrected chi connectivity index (χ2v) is 6.83. The molecule has 2 N–H and O–H groups in total. The van der Waals surface area contributed by atoms with Gasteiger partial charge in [0.1, 0.15) is 0 Å². The van der Waals surface area contributed by atoms with Crippen LogP contribution in [0.3, 0.4) is 0 Å². The number of para-hydroxylation sites is 1. The zero-order chi connectivity index (χ0) is 13.0. The molecule has 1 saturated heterocycles. The quantitative estimate of drug-likeness (QED) is 0.871. The van der Waals surface area contributed by atoms with Crippen molar-refractivity contribution in [2.75, 3.05) is 24.2 Å². The number of rotatable bonds is 4. The van der Waals surface area contributed by atoms with Gasteiger partial charge < -0.3 is 10.6 Å². The summed E-state index contributed by atoms with van der Waals surface area (Å²) in [6, 6.07) is 7.47. The molecule has 18 heavy (non-hydrogen) atoms. The Kier molecular flexibility index (Phi) is 4.24. The third kappa shape index (κ3) is 3.03. The Morgan fingerprint density at radius 3 is 2.83 bits per heavy atom. The number of nitrogens with one attached hydrogen (secondary N) is 2. The molecule has 1 unspecified atom stereocenters. The summed E-state index contributed by atoms with van der Waals surface area (Å²) in [5.41, 5.74) is 0.730. The first-order chi connectivity index (χ1) is 8.63. The Hall–Kier alpha value is -1.07. The van der Waals surface area contributed by atoms with E-state index in [-0.39, 0.29) is 5.75 Å². The minimum Gasteiger partial charge on any atom is -0.380 e. The van der Waals surface area contributed by atoms with Crippen molar-refractivity contribution in [3.63, 3.8) is 0 Å². The van der Waals surface area contributed by atoms with Crippen LogP contribution in [0, 0.1) is 0 Å². The maximum atomic E-state index is 12.0. The minimum absolute atomic E-state index is 0.134. The van der Waals surface area contributed by atoms with Gasteiger partial charge in [0.15, 0.2) is 9.84 Å². The SMILES string of the molecule is CCS(=O)(=O)c1ccccc1NC1CCCNC1. The molecule has 1 aromatic rings. The van der Waals surface area contributed by atoms with Crippen LogP contribution >= 0.6 is 0 Å². The van der Waals surface area contributed by atoms with E-state index in [1.54, 1.807) is 19.1 Å². The Morgan fingerprint density at radius 1 is 1.39 bits per heavy atom. The topological polar surface area (TPSA) is 58.2 Å².